The molecule has 1 unspecified atom stereocenters. The van der Waals surface area contributed by atoms with E-state index in [0.29, 0.717) is 29.5 Å². The second kappa shape index (κ2) is 11.3. The maximum absolute atomic E-state index is 13.2. The number of hydrogen-bond donors (Lipinski definition) is 2. The van der Waals surface area contributed by atoms with Crippen LogP contribution < -0.4 is 10.6 Å². The Morgan fingerprint density at radius 2 is 1.86 bits per heavy atom. The Kier molecular flexibility index (Phi) is 7.38. The topological polar surface area (TPSA) is 125 Å². The van der Waals surface area contributed by atoms with E-state index >= 15 is 0 Å². The molecule has 3 amide bonds. The molecular weight excluding hydrogens is 568 g/mol. The van der Waals surface area contributed by atoms with E-state index in [2.05, 4.69) is 31.7 Å². The van der Waals surface area contributed by atoms with Gasteiger partial charge in [-0.2, -0.15) is 5.10 Å². The first-order valence-electron chi connectivity index (χ1n) is 15.1. The number of likely N-dealkylation sites (tertiary alicyclic amines) is 1. The number of carbonyl (C=O) groups excluding carboxylic acids is 3. The zero-order valence-electron chi connectivity index (χ0n) is 24.2. The van der Waals surface area contributed by atoms with Crippen LogP contribution in [0.15, 0.2) is 30.6 Å². The summed E-state index contributed by atoms with van der Waals surface area (Å²) in [4.78, 5) is 50.6. The molecule has 12 heteroatoms. The summed E-state index contributed by atoms with van der Waals surface area (Å²) in [6, 6.07) is 5.46. The molecule has 0 radical (unpaired) electrons. The molecule has 3 fully saturated rings. The van der Waals surface area contributed by atoms with Gasteiger partial charge in [-0.05, 0) is 61.6 Å². The van der Waals surface area contributed by atoms with Gasteiger partial charge in [0.15, 0.2) is 0 Å². The maximum atomic E-state index is 13.2. The molecule has 11 nitrogen and oxygen atoms in total. The lowest BCUT2D eigenvalue weighted by atomic mass is 10.0. The lowest BCUT2D eigenvalue weighted by Gasteiger charge is -2.33. The van der Waals surface area contributed by atoms with E-state index in [1.54, 1.807) is 11.1 Å². The summed E-state index contributed by atoms with van der Waals surface area (Å²) in [5, 5.41) is 10.9. The van der Waals surface area contributed by atoms with Gasteiger partial charge in [0.05, 0.1) is 23.1 Å². The van der Waals surface area contributed by atoms with Gasteiger partial charge in [0.2, 0.25) is 17.8 Å². The van der Waals surface area contributed by atoms with Crippen LogP contribution in [0.25, 0.3) is 11.3 Å². The number of piperidine rings is 2. The minimum absolute atomic E-state index is 0.137. The molecule has 1 aromatic carbocycles. The number of carbonyl (C=O) groups is 3. The summed E-state index contributed by atoms with van der Waals surface area (Å²) >= 11 is 6.56. The lowest BCUT2D eigenvalue weighted by Crippen LogP contribution is -2.52. The largest absolute Gasteiger partial charge is 0.351 e. The highest BCUT2D eigenvalue weighted by molar-refractivity contribution is 6.33. The van der Waals surface area contributed by atoms with Crippen molar-refractivity contribution in [2.45, 2.75) is 70.1 Å². The number of fused-ring (bicyclic) bond motifs is 1. The van der Waals surface area contributed by atoms with Crippen molar-refractivity contribution >= 4 is 35.3 Å². The van der Waals surface area contributed by atoms with Crippen LogP contribution in [0.2, 0.25) is 5.02 Å². The van der Waals surface area contributed by atoms with Gasteiger partial charge in [0, 0.05) is 62.5 Å². The molecule has 2 saturated heterocycles. The first-order chi connectivity index (χ1) is 20.8. The third-order valence-corrected chi connectivity index (χ3v) is 9.51. The Labute approximate surface area is 255 Å². The van der Waals surface area contributed by atoms with Crippen molar-refractivity contribution in [2.75, 3.05) is 18.4 Å². The second-order valence-electron chi connectivity index (χ2n) is 12.2. The maximum Gasteiger partial charge on any atom is 0.255 e. The number of anilines is 1. The van der Waals surface area contributed by atoms with E-state index in [4.69, 9.17) is 16.6 Å². The van der Waals surface area contributed by atoms with Crippen molar-refractivity contribution in [2.24, 2.45) is 13.0 Å². The lowest BCUT2D eigenvalue weighted by molar-refractivity contribution is -0.136. The quantitative estimate of drug-likeness (QED) is 0.376. The van der Waals surface area contributed by atoms with Crippen molar-refractivity contribution in [1.82, 2.24) is 34.9 Å². The van der Waals surface area contributed by atoms with Crippen LogP contribution in [0.3, 0.4) is 0 Å². The van der Waals surface area contributed by atoms with Gasteiger partial charge in [-0.15, -0.1) is 0 Å². The van der Waals surface area contributed by atoms with E-state index in [9.17, 15) is 14.4 Å². The van der Waals surface area contributed by atoms with E-state index in [1.807, 2.05) is 30.1 Å². The number of halogens is 1. The van der Waals surface area contributed by atoms with Crippen LogP contribution in [-0.4, -0.2) is 72.4 Å². The summed E-state index contributed by atoms with van der Waals surface area (Å²) in [6.45, 7) is 2.91. The molecule has 0 spiro atoms. The molecule has 7 rings (SSSR count). The zero-order chi connectivity index (χ0) is 29.7. The van der Waals surface area contributed by atoms with Crippen LogP contribution >= 0.6 is 11.6 Å². The number of aryl methyl sites for hydroxylation is 1. The van der Waals surface area contributed by atoms with Crippen molar-refractivity contribution < 1.29 is 14.4 Å². The Hall–Kier alpha value is -3.83. The highest BCUT2D eigenvalue weighted by Gasteiger charge is 2.40. The van der Waals surface area contributed by atoms with E-state index in [0.717, 1.165) is 72.9 Å². The van der Waals surface area contributed by atoms with Crippen LogP contribution in [0.5, 0.6) is 0 Å². The van der Waals surface area contributed by atoms with Crippen LogP contribution in [0.1, 0.15) is 65.7 Å². The average molecular weight is 603 g/mol. The van der Waals surface area contributed by atoms with Crippen LogP contribution in [0.4, 0.5) is 5.95 Å². The molecule has 224 valence electrons. The first-order valence-corrected chi connectivity index (χ1v) is 15.5. The van der Waals surface area contributed by atoms with Crippen molar-refractivity contribution in [3.8, 4) is 11.3 Å². The van der Waals surface area contributed by atoms with Gasteiger partial charge in [0.1, 0.15) is 6.04 Å². The smallest absolute Gasteiger partial charge is 0.255 e. The van der Waals surface area contributed by atoms with Crippen molar-refractivity contribution in [3.63, 3.8) is 0 Å². The Morgan fingerprint density at radius 3 is 2.63 bits per heavy atom. The SMILES string of the molecule is Cn1ncc(-c2nc(NC3CCN(Cc4cccc5c4CN(C4CCC(=O)NC4=O)C5=O)CC3)ncc2Cl)c1CC1CC1. The minimum Gasteiger partial charge on any atom is -0.351 e. The number of hydrogen-bond acceptors (Lipinski definition) is 8. The average Bonchev–Trinajstić information content (AvgIpc) is 3.66. The van der Waals surface area contributed by atoms with Crippen molar-refractivity contribution in [3.05, 3.63) is 58.0 Å². The zero-order valence-corrected chi connectivity index (χ0v) is 24.9. The van der Waals surface area contributed by atoms with E-state index in [1.165, 1.54) is 12.8 Å². The fourth-order valence-electron chi connectivity index (χ4n) is 6.58. The van der Waals surface area contributed by atoms with Gasteiger partial charge >= 0.3 is 0 Å². The van der Waals surface area contributed by atoms with Crippen molar-refractivity contribution in [1.29, 1.82) is 0 Å². The third-order valence-electron chi connectivity index (χ3n) is 9.23. The van der Waals surface area contributed by atoms with Gasteiger partial charge in [-0.25, -0.2) is 9.97 Å². The predicted molar refractivity (Wildman–Crippen MR) is 160 cm³/mol. The summed E-state index contributed by atoms with van der Waals surface area (Å²) in [5.74, 6) is 0.497. The number of nitrogens with one attached hydrogen (secondary N) is 2. The summed E-state index contributed by atoms with van der Waals surface area (Å²) in [6.07, 6.45) is 9.51. The van der Waals surface area contributed by atoms with E-state index in [-0.39, 0.29) is 30.2 Å². The Morgan fingerprint density at radius 1 is 1.05 bits per heavy atom. The number of rotatable bonds is 8. The molecule has 3 aromatic rings. The highest BCUT2D eigenvalue weighted by Crippen LogP contribution is 2.37. The predicted octanol–water partition coefficient (Wildman–Crippen LogP) is 3.32. The molecule has 5 heterocycles. The molecule has 0 bridgehead atoms. The molecule has 43 heavy (non-hydrogen) atoms. The molecule has 4 aliphatic rings. The number of benzene rings is 1. The summed E-state index contributed by atoms with van der Waals surface area (Å²) in [5.41, 5.74) is 5.61. The number of nitrogens with zero attached hydrogens (tertiary/aromatic N) is 6. The number of aromatic nitrogens is 4. The minimum atomic E-state index is -0.606. The highest BCUT2D eigenvalue weighted by atomic mass is 35.5. The molecule has 2 aromatic heterocycles. The first kappa shape index (κ1) is 28.0. The molecule has 2 N–H and O–H groups in total. The van der Waals surface area contributed by atoms with Gasteiger partial charge in [0.25, 0.3) is 5.91 Å². The standard InChI is InChI=1S/C31H35ClN8O3/c1-38-26(13-18-5-6-18)22(14-34-38)28-24(32)15-33-31(37-28)35-20-9-11-39(12-10-20)16-19-3-2-4-21-23(19)17-40(30(21)43)25-7-8-27(41)36-29(25)42/h2-4,14-15,18,20,25H,5-13,16-17H2,1H3,(H,33,35,37)(H,36,41,42). The third kappa shape index (κ3) is 5.63. The van der Waals surface area contributed by atoms with Gasteiger partial charge in [-0.1, -0.05) is 23.7 Å². The van der Waals surface area contributed by atoms with Crippen LogP contribution in [-0.2, 0) is 36.1 Å². The fraction of sp³-hybridized carbons (Fsp3) is 0.484. The molecular formula is C31H35ClN8O3. The Bertz CT molecular complexity index is 1590. The number of amides is 3. The van der Waals surface area contributed by atoms with Gasteiger partial charge < -0.3 is 10.2 Å². The second-order valence-corrected chi connectivity index (χ2v) is 12.6. The number of imide groups is 1. The molecule has 1 saturated carbocycles. The summed E-state index contributed by atoms with van der Waals surface area (Å²) in [7, 11) is 1.97. The monoisotopic (exact) mass is 602 g/mol. The van der Waals surface area contributed by atoms with E-state index < -0.39 is 6.04 Å². The molecule has 1 aliphatic carbocycles. The Balaban J connectivity index is 0.983. The summed E-state index contributed by atoms with van der Waals surface area (Å²) < 4.78 is 1.93. The van der Waals surface area contributed by atoms with Crippen LogP contribution in [0, 0.1) is 5.92 Å². The molecule has 1 atom stereocenters. The van der Waals surface area contributed by atoms with Gasteiger partial charge in [-0.3, -0.25) is 29.3 Å². The normalized spacial score (nSPS) is 21.3. The fourth-order valence-corrected chi connectivity index (χ4v) is 6.77. The molecule has 3 aliphatic heterocycles.